The number of hydrogen-bond acceptors (Lipinski definition) is 6. The molecule has 0 spiro atoms. The van der Waals surface area contributed by atoms with Crippen molar-refractivity contribution in [3.8, 4) is 11.3 Å². The Hall–Kier alpha value is -3.74. The van der Waals surface area contributed by atoms with Gasteiger partial charge in [0.05, 0.1) is 0 Å². The zero-order valence-electron chi connectivity index (χ0n) is 19.1. The maximum absolute atomic E-state index is 6.25. The van der Waals surface area contributed by atoms with Crippen LogP contribution in [0.1, 0.15) is 17.6 Å². The van der Waals surface area contributed by atoms with E-state index in [0.29, 0.717) is 10.8 Å². The van der Waals surface area contributed by atoms with Crippen LogP contribution in [-0.2, 0) is 4.84 Å². The molecule has 0 saturated carbocycles. The lowest BCUT2D eigenvalue weighted by Gasteiger charge is -2.30. The van der Waals surface area contributed by atoms with Crippen molar-refractivity contribution in [2.75, 3.05) is 36.0 Å². The number of furan rings is 1. The Morgan fingerprint density at radius 1 is 0.771 bits per heavy atom. The van der Waals surface area contributed by atoms with Gasteiger partial charge in [0.2, 0.25) is 0 Å². The monoisotopic (exact) mass is 484 g/mol. The Bertz CT molecular complexity index is 1310. The molecule has 1 saturated heterocycles. The molecule has 0 amide bonds. The molecule has 1 aromatic heterocycles. The average molecular weight is 485 g/mol. The fourth-order valence-corrected chi connectivity index (χ4v) is 4.65. The first kappa shape index (κ1) is 21.8. The van der Waals surface area contributed by atoms with Gasteiger partial charge in [-0.2, -0.15) is 0 Å². The molecule has 2 aliphatic heterocycles. The lowest BCUT2D eigenvalue weighted by Crippen LogP contribution is -2.43. The molecule has 176 valence electrons. The quantitative estimate of drug-likeness (QED) is 0.382. The number of hydrogen-bond donors (Lipinski definition) is 1. The molecule has 1 atom stereocenters. The van der Waals surface area contributed by atoms with Gasteiger partial charge in [-0.25, -0.2) is 0 Å². The third-order valence-corrected chi connectivity index (χ3v) is 6.59. The van der Waals surface area contributed by atoms with Crippen LogP contribution in [0.5, 0.6) is 0 Å². The first-order valence-electron chi connectivity index (χ1n) is 11.8. The summed E-state index contributed by atoms with van der Waals surface area (Å²) in [6.45, 7) is 4.02. The predicted octanol–water partition coefficient (Wildman–Crippen LogP) is 5.91. The molecule has 6 nitrogen and oxygen atoms in total. The lowest BCUT2D eigenvalue weighted by molar-refractivity contribution is 0.0705. The number of nitrogens with zero attached hydrogens (tertiary/aromatic N) is 3. The first-order valence-corrected chi connectivity index (χ1v) is 12.1. The highest BCUT2D eigenvalue weighted by molar-refractivity contribution is 6.30. The van der Waals surface area contributed by atoms with Crippen LogP contribution in [0, 0.1) is 0 Å². The SMILES string of the molecule is Clc1ccc(-c2ccc(C3ON=C(c4ccccc4)N3c3ccc(N4CCNCC4)cc3)o2)cc1. The van der Waals surface area contributed by atoms with E-state index in [1.54, 1.807) is 0 Å². The molecule has 1 fully saturated rings. The van der Waals surface area contributed by atoms with Gasteiger partial charge in [0.1, 0.15) is 5.76 Å². The Kier molecular flexibility index (Phi) is 5.90. The molecule has 35 heavy (non-hydrogen) atoms. The highest BCUT2D eigenvalue weighted by Crippen LogP contribution is 2.38. The van der Waals surface area contributed by atoms with Crippen LogP contribution in [0.15, 0.2) is 101 Å². The summed E-state index contributed by atoms with van der Waals surface area (Å²) in [4.78, 5) is 10.5. The van der Waals surface area contributed by atoms with Crippen LogP contribution in [0.25, 0.3) is 11.3 Å². The van der Waals surface area contributed by atoms with Crippen LogP contribution in [-0.4, -0.2) is 32.0 Å². The van der Waals surface area contributed by atoms with Gasteiger partial charge in [-0.1, -0.05) is 47.1 Å². The molecule has 0 bridgehead atoms. The summed E-state index contributed by atoms with van der Waals surface area (Å²) in [5, 5.41) is 8.57. The number of benzene rings is 3. The molecule has 3 aromatic carbocycles. The molecule has 7 heteroatoms. The number of nitrogens with one attached hydrogen (secondary N) is 1. The van der Waals surface area contributed by atoms with Gasteiger partial charge in [0, 0.05) is 53.7 Å². The lowest BCUT2D eigenvalue weighted by atomic mass is 10.1. The van der Waals surface area contributed by atoms with E-state index in [0.717, 1.165) is 54.6 Å². The van der Waals surface area contributed by atoms with Gasteiger partial charge in [-0.3, -0.25) is 4.90 Å². The number of anilines is 2. The number of piperazine rings is 1. The zero-order valence-corrected chi connectivity index (χ0v) is 19.9. The molecular weight excluding hydrogens is 460 g/mol. The molecular formula is C28H25ClN4O2. The van der Waals surface area contributed by atoms with Gasteiger partial charge in [0.15, 0.2) is 11.6 Å². The van der Waals surface area contributed by atoms with Crippen LogP contribution in [0.3, 0.4) is 0 Å². The molecule has 4 aromatic rings. The average Bonchev–Trinajstić information content (AvgIpc) is 3.58. The van der Waals surface area contributed by atoms with E-state index < -0.39 is 6.23 Å². The maximum atomic E-state index is 6.25. The van der Waals surface area contributed by atoms with Crippen molar-refractivity contribution >= 4 is 28.8 Å². The normalized spacial score (nSPS) is 17.9. The van der Waals surface area contributed by atoms with Crippen molar-refractivity contribution in [3.05, 3.63) is 107 Å². The molecule has 1 N–H and O–H groups in total. The van der Waals surface area contributed by atoms with Crippen molar-refractivity contribution in [2.24, 2.45) is 5.16 Å². The molecule has 3 heterocycles. The summed E-state index contributed by atoms with van der Waals surface area (Å²) in [5.41, 5.74) is 4.13. The highest BCUT2D eigenvalue weighted by atomic mass is 35.5. The fraction of sp³-hybridized carbons (Fsp3) is 0.179. The number of amidine groups is 1. The van der Waals surface area contributed by atoms with Gasteiger partial charge >= 0.3 is 0 Å². The number of halogens is 1. The third-order valence-electron chi connectivity index (χ3n) is 6.34. The van der Waals surface area contributed by atoms with E-state index in [9.17, 15) is 0 Å². The Morgan fingerprint density at radius 2 is 1.49 bits per heavy atom. The van der Waals surface area contributed by atoms with Crippen LogP contribution < -0.4 is 15.1 Å². The molecule has 0 aliphatic carbocycles. The first-order chi connectivity index (χ1) is 17.3. The second-order valence-electron chi connectivity index (χ2n) is 8.57. The summed E-state index contributed by atoms with van der Waals surface area (Å²) in [7, 11) is 0. The van der Waals surface area contributed by atoms with Crippen molar-refractivity contribution < 1.29 is 9.25 Å². The number of rotatable bonds is 5. The van der Waals surface area contributed by atoms with E-state index in [2.05, 4.69) is 44.5 Å². The maximum Gasteiger partial charge on any atom is 0.263 e. The van der Waals surface area contributed by atoms with E-state index >= 15 is 0 Å². The standard InChI is InChI=1S/C28H25ClN4O2/c29-22-8-6-20(7-9-22)25-14-15-26(34-25)28-33(27(31-35-28)21-4-2-1-3-5-21)24-12-10-23(11-13-24)32-18-16-30-17-19-32/h1-15,28,30H,16-19H2. The summed E-state index contributed by atoms with van der Waals surface area (Å²) in [5.74, 6) is 2.17. The van der Waals surface area contributed by atoms with Crippen molar-refractivity contribution in [1.82, 2.24) is 5.32 Å². The van der Waals surface area contributed by atoms with Crippen LogP contribution in [0.4, 0.5) is 11.4 Å². The Labute approximate surface area is 209 Å². The minimum Gasteiger partial charge on any atom is -0.455 e. The van der Waals surface area contributed by atoms with Crippen molar-refractivity contribution in [2.45, 2.75) is 6.23 Å². The summed E-state index contributed by atoms with van der Waals surface area (Å²) < 4.78 is 6.25. The predicted molar refractivity (Wildman–Crippen MR) is 140 cm³/mol. The largest absolute Gasteiger partial charge is 0.455 e. The molecule has 0 radical (unpaired) electrons. The Morgan fingerprint density at radius 3 is 2.23 bits per heavy atom. The second-order valence-corrected chi connectivity index (χ2v) is 9.01. The third kappa shape index (κ3) is 4.38. The molecule has 2 aliphatic rings. The minimum absolute atomic E-state index is 0.517. The van der Waals surface area contributed by atoms with Gasteiger partial charge in [-0.15, -0.1) is 0 Å². The van der Waals surface area contributed by atoms with E-state index in [4.69, 9.17) is 20.9 Å². The summed E-state index contributed by atoms with van der Waals surface area (Å²) in [6, 6.07) is 30.1. The summed E-state index contributed by atoms with van der Waals surface area (Å²) in [6.07, 6.45) is -0.517. The van der Waals surface area contributed by atoms with E-state index in [1.807, 2.05) is 66.7 Å². The van der Waals surface area contributed by atoms with Crippen LogP contribution in [0.2, 0.25) is 5.02 Å². The van der Waals surface area contributed by atoms with Crippen molar-refractivity contribution in [3.63, 3.8) is 0 Å². The van der Waals surface area contributed by atoms with Crippen LogP contribution >= 0.6 is 11.6 Å². The fourth-order valence-electron chi connectivity index (χ4n) is 4.52. The topological polar surface area (TPSA) is 53.2 Å². The zero-order chi connectivity index (χ0) is 23.6. The van der Waals surface area contributed by atoms with Crippen molar-refractivity contribution in [1.29, 1.82) is 0 Å². The second kappa shape index (κ2) is 9.49. The molecule has 1 unspecified atom stereocenters. The highest BCUT2D eigenvalue weighted by Gasteiger charge is 2.36. The van der Waals surface area contributed by atoms with Gasteiger partial charge < -0.3 is 19.5 Å². The smallest absolute Gasteiger partial charge is 0.263 e. The molecule has 6 rings (SSSR count). The van der Waals surface area contributed by atoms with Gasteiger partial charge in [0.25, 0.3) is 6.23 Å². The van der Waals surface area contributed by atoms with Gasteiger partial charge in [-0.05, 0) is 60.7 Å². The minimum atomic E-state index is -0.517. The summed E-state index contributed by atoms with van der Waals surface area (Å²) >= 11 is 6.05. The Balaban J connectivity index is 1.33. The number of oxime groups is 1. The van der Waals surface area contributed by atoms with E-state index in [-0.39, 0.29) is 0 Å². The van der Waals surface area contributed by atoms with E-state index in [1.165, 1.54) is 5.69 Å².